The highest BCUT2D eigenvalue weighted by molar-refractivity contribution is 7.99. The third-order valence-electron chi connectivity index (χ3n) is 2.57. The second-order valence-electron chi connectivity index (χ2n) is 4.05. The molecule has 0 aliphatic heterocycles. The first kappa shape index (κ1) is 14.4. The molecule has 0 aromatic carbocycles. The molecule has 0 saturated heterocycles. The Labute approximate surface area is 108 Å². The van der Waals surface area contributed by atoms with Crippen LogP contribution in [0.1, 0.15) is 45.5 Å². The second kappa shape index (κ2) is 8.47. The number of hydrogen-bond donors (Lipinski definition) is 1. The summed E-state index contributed by atoms with van der Waals surface area (Å²) in [6, 6.07) is 0.377. The first-order valence-corrected chi connectivity index (χ1v) is 7.50. The first-order valence-electron chi connectivity index (χ1n) is 6.34. The number of nitrogens with one attached hydrogen (secondary N) is 1. The van der Waals surface area contributed by atoms with Crippen molar-refractivity contribution < 1.29 is 0 Å². The fraction of sp³-hybridized carbons (Fsp3) is 0.909. The summed E-state index contributed by atoms with van der Waals surface area (Å²) in [5.74, 6) is 3.28. The van der Waals surface area contributed by atoms with Gasteiger partial charge in [0.15, 0.2) is 5.82 Å². The molecule has 0 amide bonds. The number of rotatable bonds is 9. The number of nitrogens with zero attached hydrogens (tertiary/aromatic N) is 4. The Kier molecular flexibility index (Phi) is 7.19. The molecular formula is C11H23N5S. The van der Waals surface area contributed by atoms with Gasteiger partial charge >= 0.3 is 0 Å². The molecule has 1 aromatic rings. The number of aromatic nitrogens is 4. The van der Waals surface area contributed by atoms with Gasteiger partial charge in [-0.15, -0.1) is 5.10 Å². The highest BCUT2D eigenvalue weighted by atomic mass is 32.2. The summed E-state index contributed by atoms with van der Waals surface area (Å²) in [4.78, 5) is 0. The zero-order valence-electron chi connectivity index (χ0n) is 11.0. The van der Waals surface area contributed by atoms with Crippen molar-refractivity contribution >= 4 is 11.8 Å². The van der Waals surface area contributed by atoms with Gasteiger partial charge in [-0.3, -0.25) is 0 Å². The van der Waals surface area contributed by atoms with Crippen LogP contribution >= 0.6 is 11.8 Å². The van der Waals surface area contributed by atoms with E-state index in [9.17, 15) is 0 Å². The smallest absolute Gasteiger partial charge is 0.165 e. The molecule has 1 heterocycles. The molecule has 1 N–H and O–H groups in total. The van der Waals surface area contributed by atoms with E-state index in [1.807, 2.05) is 16.4 Å². The van der Waals surface area contributed by atoms with Crippen molar-refractivity contribution in [2.75, 3.05) is 18.1 Å². The molecule has 0 fully saturated rings. The molecule has 0 spiro atoms. The van der Waals surface area contributed by atoms with Crippen molar-refractivity contribution in [3.05, 3.63) is 5.82 Å². The highest BCUT2D eigenvalue weighted by Crippen LogP contribution is 2.14. The van der Waals surface area contributed by atoms with Gasteiger partial charge in [0.2, 0.25) is 0 Å². The maximum absolute atomic E-state index is 4.08. The molecular weight excluding hydrogens is 234 g/mol. The van der Waals surface area contributed by atoms with Crippen LogP contribution in [0.2, 0.25) is 0 Å². The summed E-state index contributed by atoms with van der Waals surface area (Å²) >= 11 is 1.96. The van der Waals surface area contributed by atoms with E-state index < -0.39 is 0 Å². The highest BCUT2D eigenvalue weighted by Gasteiger charge is 2.11. The van der Waals surface area contributed by atoms with E-state index in [-0.39, 0.29) is 0 Å². The molecule has 1 unspecified atom stereocenters. The van der Waals surface area contributed by atoms with Gasteiger partial charge in [-0.2, -0.15) is 11.8 Å². The molecule has 0 aliphatic carbocycles. The topological polar surface area (TPSA) is 55.6 Å². The third-order valence-corrected chi connectivity index (χ3v) is 3.51. The van der Waals surface area contributed by atoms with Crippen LogP contribution in [0.3, 0.4) is 0 Å². The van der Waals surface area contributed by atoms with Gasteiger partial charge in [0.25, 0.3) is 0 Å². The van der Waals surface area contributed by atoms with E-state index in [4.69, 9.17) is 0 Å². The summed E-state index contributed by atoms with van der Waals surface area (Å²) in [7, 11) is 0. The second-order valence-corrected chi connectivity index (χ2v) is 5.44. The predicted octanol–water partition coefficient (Wildman–Crippen LogP) is 1.88. The Morgan fingerprint density at radius 2 is 2.24 bits per heavy atom. The normalized spacial score (nSPS) is 12.9. The van der Waals surface area contributed by atoms with E-state index in [1.165, 1.54) is 11.5 Å². The van der Waals surface area contributed by atoms with Gasteiger partial charge in [-0.1, -0.05) is 13.8 Å². The van der Waals surface area contributed by atoms with Crippen LogP contribution in [0, 0.1) is 0 Å². The van der Waals surface area contributed by atoms with Gasteiger partial charge < -0.3 is 5.32 Å². The molecule has 98 valence electrons. The summed E-state index contributed by atoms with van der Waals surface area (Å²) in [5.41, 5.74) is 0. The number of tetrazole rings is 1. The summed E-state index contributed by atoms with van der Waals surface area (Å²) in [6.45, 7) is 8.28. The fourth-order valence-corrected chi connectivity index (χ4v) is 2.36. The molecule has 0 saturated carbocycles. The lowest BCUT2D eigenvalue weighted by Crippen LogP contribution is -2.20. The van der Waals surface area contributed by atoms with Crippen molar-refractivity contribution in [2.24, 2.45) is 0 Å². The first-order chi connectivity index (χ1) is 8.29. The predicted molar refractivity (Wildman–Crippen MR) is 72.1 cm³/mol. The standard InChI is InChI=1S/C11H23N5S/c1-4-7-12-9-11-13-14-15-16(11)10(3)6-8-17-5-2/h10,12H,4-9H2,1-3H3. The van der Waals surface area contributed by atoms with Crippen molar-refractivity contribution in [1.82, 2.24) is 25.5 Å². The van der Waals surface area contributed by atoms with Crippen LogP contribution in [0.25, 0.3) is 0 Å². The zero-order chi connectivity index (χ0) is 12.5. The van der Waals surface area contributed by atoms with Gasteiger partial charge in [0.05, 0.1) is 12.6 Å². The van der Waals surface area contributed by atoms with Crippen molar-refractivity contribution in [1.29, 1.82) is 0 Å². The molecule has 5 nitrogen and oxygen atoms in total. The average Bonchev–Trinajstić information content (AvgIpc) is 2.78. The van der Waals surface area contributed by atoms with E-state index in [0.717, 1.165) is 31.8 Å². The van der Waals surface area contributed by atoms with Crippen LogP contribution in [0.4, 0.5) is 0 Å². The zero-order valence-corrected chi connectivity index (χ0v) is 11.8. The Hall–Kier alpha value is -0.620. The van der Waals surface area contributed by atoms with Crippen LogP contribution in [-0.2, 0) is 6.54 Å². The van der Waals surface area contributed by atoms with Gasteiger partial charge in [-0.05, 0) is 48.2 Å². The lowest BCUT2D eigenvalue weighted by molar-refractivity contribution is 0.442. The molecule has 1 rings (SSSR count). The largest absolute Gasteiger partial charge is 0.310 e. The quantitative estimate of drug-likeness (QED) is 0.685. The van der Waals surface area contributed by atoms with Crippen LogP contribution < -0.4 is 5.32 Å². The van der Waals surface area contributed by atoms with E-state index in [0.29, 0.717) is 6.04 Å². The number of thioether (sulfide) groups is 1. The SMILES string of the molecule is CCCNCc1nnnn1C(C)CCSCC. The van der Waals surface area contributed by atoms with Crippen LogP contribution in [0.15, 0.2) is 0 Å². The fourth-order valence-electron chi connectivity index (χ4n) is 1.57. The minimum atomic E-state index is 0.377. The van der Waals surface area contributed by atoms with Crippen LogP contribution in [0.5, 0.6) is 0 Å². The third kappa shape index (κ3) is 5.04. The Morgan fingerprint density at radius 1 is 1.41 bits per heavy atom. The van der Waals surface area contributed by atoms with Gasteiger partial charge in [0.1, 0.15) is 0 Å². The molecule has 1 atom stereocenters. The molecule has 0 aliphatic rings. The monoisotopic (exact) mass is 257 g/mol. The van der Waals surface area contributed by atoms with E-state index in [2.05, 4.69) is 41.6 Å². The molecule has 1 aromatic heterocycles. The Balaban J connectivity index is 2.43. The summed E-state index contributed by atoms with van der Waals surface area (Å²) in [6.07, 6.45) is 2.24. The minimum absolute atomic E-state index is 0.377. The maximum atomic E-state index is 4.08. The minimum Gasteiger partial charge on any atom is -0.310 e. The van der Waals surface area contributed by atoms with Crippen molar-refractivity contribution in [3.63, 3.8) is 0 Å². The average molecular weight is 257 g/mol. The van der Waals surface area contributed by atoms with Crippen molar-refractivity contribution in [2.45, 2.75) is 46.2 Å². The molecule has 6 heteroatoms. The molecule has 0 bridgehead atoms. The molecule has 17 heavy (non-hydrogen) atoms. The lowest BCUT2D eigenvalue weighted by Gasteiger charge is -2.13. The Bertz CT molecular complexity index is 302. The van der Waals surface area contributed by atoms with Gasteiger partial charge in [0, 0.05) is 0 Å². The van der Waals surface area contributed by atoms with Crippen LogP contribution in [-0.4, -0.2) is 38.3 Å². The summed E-state index contributed by atoms with van der Waals surface area (Å²) < 4.78 is 1.94. The Morgan fingerprint density at radius 3 is 2.94 bits per heavy atom. The van der Waals surface area contributed by atoms with Gasteiger partial charge in [-0.25, -0.2) is 4.68 Å². The maximum Gasteiger partial charge on any atom is 0.165 e. The summed E-state index contributed by atoms with van der Waals surface area (Å²) in [5, 5.41) is 15.2. The lowest BCUT2D eigenvalue weighted by atomic mass is 10.2. The number of hydrogen-bond acceptors (Lipinski definition) is 5. The molecule has 0 radical (unpaired) electrons. The van der Waals surface area contributed by atoms with Crippen molar-refractivity contribution in [3.8, 4) is 0 Å². The van der Waals surface area contributed by atoms with E-state index in [1.54, 1.807) is 0 Å². The van der Waals surface area contributed by atoms with E-state index >= 15 is 0 Å².